The minimum atomic E-state index is 0.516. The monoisotopic (exact) mass is 905 g/mol. The van der Waals surface area contributed by atoms with Gasteiger partial charge in [0, 0.05) is 54.8 Å². The van der Waals surface area contributed by atoms with Crippen LogP contribution in [0.1, 0.15) is 0 Å². The molecule has 0 spiro atoms. The summed E-state index contributed by atoms with van der Waals surface area (Å²) in [5.74, 6) is 1.65. The average molecular weight is 906 g/mol. The third-order valence-electron chi connectivity index (χ3n) is 14.3. The van der Waals surface area contributed by atoms with Gasteiger partial charge in [-0.05, 0) is 93.3 Å². The highest BCUT2D eigenvalue weighted by Gasteiger charge is 2.24. The number of aromatic nitrogens is 5. The van der Waals surface area contributed by atoms with E-state index in [-0.39, 0.29) is 0 Å². The second kappa shape index (κ2) is 15.4. The van der Waals surface area contributed by atoms with Crippen LogP contribution in [0.3, 0.4) is 0 Å². The SMILES string of the molecule is c1ccc(-c2ccc(-c3nc(-c4cc(-n5c6ccccc6c6cc7ccccc7cc65)cc5c4oc4ccc6ccccc6c45)nc(-c4cccc5c4c4ccccc4n5-c4ccccc4)n3)cc2)cc1. The zero-order valence-corrected chi connectivity index (χ0v) is 38.2. The van der Waals surface area contributed by atoms with Gasteiger partial charge in [0.1, 0.15) is 11.2 Å². The van der Waals surface area contributed by atoms with E-state index in [9.17, 15) is 0 Å². The molecule has 0 atom stereocenters. The number of fused-ring (bicyclic) bond motifs is 12. The van der Waals surface area contributed by atoms with Crippen LogP contribution in [0.15, 0.2) is 241 Å². The number of rotatable bonds is 6. The molecule has 0 aliphatic rings. The molecule has 0 fully saturated rings. The quantitative estimate of drug-likeness (QED) is 0.167. The summed E-state index contributed by atoms with van der Waals surface area (Å²) in [4.78, 5) is 16.5. The van der Waals surface area contributed by atoms with Gasteiger partial charge in [-0.15, -0.1) is 0 Å². The lowest BCUT2D eigenvalue weighted by Crippen LogP contribution is -2.02. The molecule has 0 amide bonds. The van der Waals surface area contributed by atoms with Gasteiger partial charge in [0.25, 0.3) is 0 Å². The Morgan fingerprint density at radius 3 is 1.66 bits per heavy atom. The Kier molecular flexibility index (Phi) is 8.56. The van der Waals surface area contributed by atoms with Gasteiger partial charge < -0.3 is 13.6 Å². The van der Waals surface area contributed by atoms with E-state index in [1.807, 2.05) is 6.07 Å². The smallest absolute Gasteiger partial charge is 0.167 e. The van der Waals surface area contributed by atoms with Gasteiger partial charge in [-0.25, -0.2) is 15.0 Å². The van der Waals surface area contributed by atoms with Crippen molar-refractivity contribution in [3.05, 3.63) is 237 Å². The molecule has 0 aliphatic heterocycles. The molecule has 0 saturated carbocycles. The number of furan rings is 1. The third-order valence-corrected chi connectivity index (χ3v) is 14.3. The molecule has 71 heavy (non-hydrogen) atoms. The van der Waals surface area contributed by atoms with Gasteiger partial charge in [-0.1, -0.05) is 176 Å². The molecule has 15 aromatic rings. The van der Waals surface area contributed by atoms with E-state index >= 15 is 0 Å². The summed E-state index contributed by atoms with van der Waals surface area (Å²) in [6.45, 7) is 0. The second-order valence-electron chi connectivity index (χ2n) is 18.3. The molecule has 4 aromatic heterocycles. The maximum absolute atomic E-state index is 7.07. The highest BCUT2D eigenvalue weighted by Crippen LogP contribution is 2.44. The fourth-order valence-electron chi connectivity index (χ4n) is 11.1. The van der Waals surface area contributed by atoms with Crippen molar-refractivity contribution in [3.63, 3.8) is 0 Å². The molecule has 0 N–H and O–H groups in total. The molecule has 11 aromatic carbocycles. The molecule has 6 nitrogen and oxygen atoms in total. The minimum absolute atomic E-state index is 0.516. The first kappa shape index (κ1) is 39.4. The fourth-order valence-corrected chi connectivity index (χ4v) is 11.1. The van der Waals surface area contributed by atoms with E-state index < -0.39 is 0 Å². The van der Waals surface area contributed by atoms with Crippen molar-refractivity contribution in [2.75, 3.05) is 0 Å². The summed E-state index contributed by atoms with van der Waals surface area (Å²) >= 11 is 0. The number of benzene rings is 11. The summed E-state index contributed by atoms with van der Waals surface area (Å²) in [5.41, 5.74) is 12.8. The molecule has 0 saturated heterocycles. The Morgan fingerprint density at radius 1 is 0.296 bits per heavy atom. The van der Waals surface area contributed by atoms with Gasteiger partial charge in [0.2, 0.25) is 0 Å². The van der Waals surface area contributed by atoms with Crippen molar-refractivity contribution in [1.82, 2.24) is 24.1 Å². The number of hydrogen-bond donors (Lipinski definition) is 0. The average Bonchev–Trinajstić information content (AvgIpc) is 4.10. The van der Waals surface area contributed by atoms with Crippen LogP contribution >= 0.6 is 0 Å². The highest BCUT2D eigenvalue weighted by molar-refractivity contribution is 6.22. The largest absolute Gasteiger partial charge is 0.455 e. The van der Waals surface area contributed by atoms with Crippen molar-refractivity contribution in [1.29, 1.82) is 0 Å². The molecule has 0 unspecified atom stereocenters. The Labute approximate surface area is 407 Å². The van der Waals surface area contributed by atoms with Crippen LogP contribution in [0.2, 0.25) is 0 Å². The van der Waals surface area contributed by atoms with Crippen molar-refractivity contribution in [3.8, 4) is 56.7 Å². The van der Waals surface area contributed by atoms with Crippen LogP contribution < -0.4 is 0 Å². The topological polar surface area (TPSA) is 61.7 Å². The molecule has 330 valence electrons. The van der Waals surface area contributed by atoms with E-state index in [1.54, 1.807) is 0 Å². The standard InChI is InChI=1S/C65H39N5O/c1-3-16-40(17-4-1)41-30-32-43(33-31-41)63-66-64(51-26-15-29-57-60(51)50-25-12-14-28-56(50)69(57)46-21-5-2-6-22-46)68-65(67-63)54-39-47(38-53-61-48-23-10-9-18-42(48)34-35-59(61)71-62(53)54)70-55-27-13-11-24-49(55)52-36-44-19-7-8-20-45(44)37-58(52)70/h1-39H. The Balaban J connectivity index is 1.05. The van der Waals surface area contributed by atoms with E-state index in [0.29, 0.717) is 23.1 Å². The highest BCUT2D eigenvalue weighted by atomic mass is 16.3. The van der Waals surface area contributed by atoms with Gasteiger partial charge in [-0.3, -0.25) is 0 Å². The zero-order valence-electron chi connectivity index (χ0n) is 38.2. The summed E-state index contributed by atoms with van der Waals surface area (Å²) in [6.07, 6.45) is 0. The lowest BCUT2D eigenvalue weighted by Gasteiger charge is -2.13. The Hall–Kier alpha value is -9.65. The maximum Gasteiger partial charge on any atom is 0.167 e. The normalized spacial score (nSPS) is 11.9. The van der Waals surface area contributed by atoms with Crippen LogP contribution in [0, 0.1) is 0 Å². The molecule has 0 aliphatic carbocycles. The van der Waals surface area contributed by atoms with Crippen LogP contribution in [0.4, 0.5) is 0 Å². The van der Waals surface area contributed by atoms with Crippen molar-refractivity contribution in [2.24, 2.45) is 0 Å². The lowest BCUT2D eigenvalue weighted by molar-refractivity contribution is 0.669. The van der Waals surface area contributed by atoms with Crippen LogP contribution in [-0.2, 0) is 0 Å². The van der Waals surface area contributed by atoms with Gasteiger partial charge in [0.05, 0.1) is 27.6 Å². The molecule has 6 heteroatoms. The Morgan fingerprint density at radius 2 is 0.873 bits per heavy atom. The third kappa shape index (κ3) is 6.11. The molecular formula is C65H39N5O. The first-order valence-corrected chi connectivity index (χ1v) is 24.0. The van der Waals surface area contributed by atoms with Gasteiger partial charge >= 0.3 is 0 Å². The van der Waals surface area contributed by atoms with E-state index in [0.717, 1.165) is 99.2 Å². The van der Waals surface area contributed by atoms with Crippen molar-refractivity contribution in [2.45, 2.75) is 0 Å². The van der Waals surface area contributed by atoms with Crippen LogP contribution in [0.25, 0.3) is 144 Å². The van der Waals surface area contributed by atoms with Crippen molar-refractivity contribution < 1.29 is 4.42 Å². The summed E-state index contributed by atoms with van der Waals surface area (Å²) in [7, 11) is 0. The van der Waals surface area contributed by atoms with Crippen molar-refractivity contribution >= 4 is 87.1 Å². The zero-order chi connectivity index (χ0) is 46.6. The molecule has 0 radical (unpaired) electrons. The predicted molar refractivity (Wildman–Crippen MR) is 293 cm³/mol. The van der Waals surface area contributed by atoms with E-state index in [4.69, 9.17) is 19.4 Å². The fraction of sp³-hybridized carbons (Fsp3) is 0. The predicted octanol–water partition coefficient (Wildman–Crippen LogP) is 16.9. The molecule has 15 rings (SSSR count). The van der Waals surface area contributed by atoms with Crippen LogP contribution in [0.5, 0.6) is 0 Å². The van der Waals surface area contributed by atoms with E-state index in [2.05, 4.69) is 240 Å². The van der Waals surface area contributed by atoms with Gasteiger partial charge in [0.15, 0.2) is 17.5 Å². The number of para-hydroxylation sites is 3. The first-order chi connectivity index (χ1) is 35.2. The lowest BCUT2D eigenvalue weighted by atomic mass is 10.0. The summed E-state index contributed by atoms with van der Waals surface area (Å²) in [6, 6.07) is 83.9. The second-order valence-corrected chi connectivity index (χ2v) is 18.3. The summed E-state index contributed by atoms with van der Waals surface area (Å²) in [5, 5.41) is 11.2. The maximum atomic E-state index is 7.07. The molecular weight excluding hydrogens is 867 g/mol. The molecule has 4 heterocycles. The molecule has 0 bridgehead atoms. The number of nitrogens with zero attached hydrogens (tertiary/aromatic N) is 5. The Bertz CT molecular complexity index is 4620. The van der Waals surface area contributed by atoms with E-state index in [1.165, 1.54) is 21.5 Å². The first-order valence-electron chi connectivity index (χ1n) is 24.0. The summed E-state index contributed by atoms with van der Waals surface area (Å²) < 4.78 is 11.8. The van der Waals surface area contributed by atoms with Gasteiger partial charge in [-0.2, -0.15) is 0 Å². The van der Waals surface area contributed by atoms with Crippen LogP contribution in [-0.4, -0.2) is 24.1 Å². The number of hydrogen-bond acceptors (Lipinski definition) is 4. The minimum Gasteiger partial charge on any atom is -0.455 e.